The molecule has 0 spiro atoms. The van der Waals surface area contributed by atoms with Gasteiger partial charge in [-0.1, -0.05) is 135 Å². The van der Waals surface area contributed by atoms with Gasteiger partial charge >= 0.3 is 0 Å². The fraction of sp³-hybridized carbons (Fsp3) is 0.0638. The van der Waals surface area contributed by atoms with Gasteiger partial charge in [0.15, 0.2) is 0 Å². The molecule has 1 aliphatic rings. The number of anilines is 3. The summed E-state index contributed by atoms with van der Waals surface area (Å²) in [5, 5.41) is 6.99. The lowest BCUT2D eigenvalue weighted by Crippen LogP contribution is -2.16. The highest BCUT2D eigenvalue weighted by Crippen LogP contribution is 2.51. The van der Waals surface area contributed by atoms with E-state index in [0.717, 1.165) is 44.4 Å². The molecule has 0 unspecified atom stereocenters. The first-order valence-corrected chi connectivity index (χ1v) is 17.0. The van der Waals surface area contributed by atoms with Crippen molar-refractivity contribution in [2.45, 2.75) is 19.3 Å². The van der Waals surface area contributed by atoms with Crippen LogP contribution in [-0.4, -0.2) is 0 Å². The molecular weight excluding hydrogens is 595 g/mol. The molecule has 0 amide bonds. The number of rotatable bonds is 4. The van der Waals surface area contributed by atoms with Crippen LogP contribution in [-0.2, 0) is 5.41 Å². The first-order valence-electron chi connectivity index (χ1n) is 17.0. The molecule has 2 heteroatoms. The monoisotopic (exact) mass is 627 g/mol. The van der Waals surface area contributed by atoms with Crippen molar-refractivity contribution in [3.8, 4) is 22.3 Å². The summed E-state index contributed by atoms with van der Waals surface area (Å²) < 4.78 is 6.83. The molecule has 49 heavy (non-hydrogen) atoms. The summed E-state index contributed by atoms with van der Waals surface area (Å²) in [5.74, 6) is 0. The van der Waals surface area contributed by atoms with E-state index >= 15 is 0 Å². The van der Waals surface area contributed by atoms with Crippen LogP contribution in [0.1, 0.15) is 25.0 Å². The van der Waals surface area contributed by atoms with Gasteiger partial charge in [-0.3, -0.25) is 0 Å². The van der Waals surface area contributed by atoms with E-state index in [4.69, 9.17) is 4.42 Å². The molecule has 0 aliphatic heterocycles. The number of nitrogens with zero attached hydrogens (tertiary/aromatic N) is 1. The minimum absolute atomic E-state index is 0.105. The maximum Gasteiger partial charge on any atom is 0.143 e. The molecule has 0 saturated carbocycles. The summed E-state index contributed by atoms with van der Waals surface area (Å²) in [4.78, 5) is 2.40. The Bertz CT molecular complexity index is 2750. The molecule has 2 nitrogen and oxygen atoms in total. The van der Waals surface area contributed by atoms with Crippen LogP contribution in [0, 0.1) is 0 Å². The van der Waals surface area contributed by atoms with E-state index in [9.17, 15) is 0 Å². The van der Waals surface area contributed by atoms with E-state index in [1.54, 1.807) is 0 Å². The van der Waals surface area contributed by atoms with Gasteiger partial charge in [0.1, 0.15) is 11.2 Å². The predicted molar refractivity (Wildman–Crippen MR) is 206 cm³/mol. The zero-order chi connectivity index (χ0) is 32.7. The summed E-state index contributed by atoms with van der Waals surface area (Å²) in [5.41, 5.74) is 12.8. The van der Waals surface area contributed by atoms with Gasteiger partial charge in [-0.05, 0) is 80.6 Å². The highest BCUT2D eigenvalue weighted by atomic mass is 16.3. The van der Waals surface area contributed by atoms with Crippen molar-refractivity contribution < 1.29 is 4.42 Å². The molecule has 0 fully saturated rings. The smallest absolute Gasteiger partial charge is 0.143 e. The normalized spacial score (nSPS) is 13.3. The lowest BCUT2D eigenvalue weighted by atomic mass is 9.82. The van der Waals surface area contributed by atoms with Crippen LogP contribution < -0.4 is 4.90 Å². The van der Waals surface area contributed by atoms with E-state index in [1.165, 1.54) is 49.5 Å². The Kier molecular flexibility index (Phi) is 5.95. The van der Waals surface area contributed by atoms with E-state index < -0.39 is 0 Å². The molecule has 8 aromatic carbocycles. The molecule has 0 radical (unpaired) electrons. The Morgan fingerprint density at radius 2 is 1.12 bits per heavy atom. The Morgan fingerprint density at radius 3 is 2.00 bits per heavy atom. The van der Waals surface area contributed by atoms with Gasteiger partial charge in [0, 0.05) is 44.4 Å². The largest absolute Gasteiger partial charge is 0.455 e. The SMILES string of the molecule is CC1(C)c2ccccc2-c2ccc(N(c3ccc4c(c3)oc3c5ccccc5c(-c5ccccc5)cc43)c3cccc4ccccc34)cc21. The summed E-state index contributed by atoms with van der Waals surface area (Å²) in [7, 11) is 0. The lowest BCUT2D eigenvalue weighted by molar-refractivity contribution is 0.660. The second kappa shape index (κ2) is 10.4. The Labute approximate surface area is 285 Å². The van der Waals surface area contributed by atoms with E-state index in [1.807, 2.05) is 0 Å². The van der Waals surface area contributed by atoms with Gasteiger partial charge in [-0.25, -0.2) is 0 Å². The van der Waals surface area contributed by atoms with Crippen molar-refractivity contribution in [2.75, 3.05) is 4.90 Å². The van der Waals surface area contributed by atoms with Crippen LogP contribution in [0.15, 0.2) is 168 Å². The molecule has 1 aromatic heterocycles. The average molecular weight is 628 g/mol. The van der Waals surface area contributed by atoms with Gasteiger partial charge in [-0.2, -0.15) is 0 Å². The minimum atomic E-state index is -0.105. The third-order valence-electron chi connectivity index (χ3n) is 10.6. The van der Waals surface area contributed by atoms with E-state index in [2.05, 4.69) is 183 Å². The summed E-state index contributed by atoms with van der Waals surface area (Å²) in [6.07, 6.45) is 0. The average Bonchev–Trinajstić information content (AvgIpc) is 3.63. The second-order valence-electron chi connectivity index (χ2n) is 13.7. The third kappa shape index (κ3) is 4.14. The minimum Gasteiger partial charge on any atom is -0.455 e. The number of hydrogen-bond donors (Lipinski definition) is 0. The van der Waals surface area contributed by atoms with Crippen molar-refractivity contribution in [2.24, 2.45) is 0 Å². The van der Waals surface area contributed by atoms with Crippen LogP contribution in [0.2, 0.25) is 0 Å². The fourth-order valence-corrected chi connectivity index (χ4v) is 8.24. The van der Waals surface area contributed by atoms with Crippen molar-refractivity contribution in [1.82, 2.24) is 0 Å². The molecule has 1 heterocycles. The van der Waals surface area contributed by atoms with Crippen LogP contribution in [0.25, 0.3) is 65.7 Å². The summed E-state index contributed by atoms with van der Waals surface area (Å²) >= 11 is 0. The Hall–Kier alpha value is -6.12. The molecular formula is C47H33NO. The van der Waals surface area contributed by atoms with Crippen LogP contribution >= 0.6 is 0 Å². The third-order valence-corrected chi connectivity index (χ3v) is 10.6. The van der Waals surface area contributed by atoms with Crippen molar-refractivity contribution in [3.05, 3.63) is 175 Å². The standard InChI is InChI=1S/C47H33NO/c1-47(2)42-21-11-10-19-36(42)37-25-23-32(27-43(37)47)48(44-22-12-16-30-15-6-7-17-34(30)44)33-24-26-38-41-29-40(31-13-4-3-5-14-31)35-18-8-9-20-39(35)46(41)49-45(38)28-33/h3-29H,1-2H3. The van der Waals surface area contributed by atoms with Crippen LogP contribution in [0.5, 0.6) is 0 Å². The van der Waals surface area contributed by atoms with Gasteiger partial charge in [0.05, 0.1) is 5.69 Å². The summed E-state index contributed by atoms with van der Waals surface area (Å²) in [6.45, 7) is 4.69. The molecule has 0 N–H and O–H groups in total. The van der Waals surface area contributed by atoms with Crippen molar-refractivity contribution in [1.29, 1.82) is 0 Å². The van der Waals surface area contributed by atoms with Gasteiger partial charge < -0.3 is 9.32 Å². The number of benzene rings is 8. The Morgan fingerprint density at radius 1 is 0.449 bits per heavy atom. The van der Waals surface area contributed by atoms with Crippen LogP contribution in [0.4, 0.5) is 17.1 Å². The molecule has 232 valence electrons. The molecule has 0 bridgehead atoms. The maximum atomic E-state index is 6.83. The number of fused-ring (bicyclic) bond motifs is 9. The zero-order valence-corrected chi connectivity index (χ0v) is 27.4. The van der Waals surface area contributed by atoms with E-state index in [0.29, 0.717) is 0 Å². The van der Waals surface area contributed by atoms with Gasteiger partial charge in [-0.15, -0.1) is 0 Å². The van der Waals surface area contributed by atoms with Gasteiger partial charge in [0.2, 0.25) is 0 Å². The number of hydrogen-bond acceptors (Lipinski definition) is 2. The molecule has 10 rings (SSSR count). The second-order valence-corrected chi connectivity index (χ2v) is 13.7. The van der Waals surface area contributed by atoms with E-state index in [-0.39, 0.29) is 5.41 Å². The molecule has 0 saturated heterocycles. The fourth-order valence-electron chi connectivity index (χ4n) is 8.24. The number of furan rings is 1. The molecule has 9 aromatic rings. The topological polar surface area (TPSA) is 16.4 Å². The molecule has 1 aliphatic carbocycles. The highest BCUT2D eigenvalue weighted by Gasteiger charge is 2.35. The quantitative estimate of drug-likeness (QED) is 0.193. The maximum absolute atomic E-state index is 6.83. The van der Waals surface area contributed by atoms with Crippen LogP contribution in [0.3, 0.4) is 0 Å². The lowest BCUT2D eigenvalue weighted by Gasteiger charge is -2.29. The van der Waals surface area contributed by atoms with Gasteiger partial charge in [0.25, 0.3) is 0 Å². The molecule has 0 atom stereocenters. The Balaban J connectivity index is 1.21. The highest BCUT2D eigenvalue weighted by molar-refractivity contribution is 6.19. The predicted octanol–water partition coefficient (Wildman–Crippen LogP) is 13.3. The first-order chi connectivity index (χ1) is 24.1. The van der Waals surface area contributed by atoms with Crippen molar-refractivity contribution >= 4 is 60.5 Å². The van der Waals surface area contributed by atoms with Crippen molar-refractivity contribution in [3.63, 3.8) is 0 Å². The first kappa shape index (κ1) is 27.9. The zero-order valence-electron chi connectivity index (χ0n) is 27.4. The summed E-state index contributed by atoms with van der Waals surface area (Å²) in [6, 6.07) is 59.4.